The van der Waals surface area contributed by atoms with Gasteiger partial charge in [-0.1, -0.05) is 30.2 Å². The summed E-state index contributed by atoms with van der Waals surface area (Å²) in [6.45, 7) is 2.06. The first-order chi connectivity index (χ1) is 12.4. The summed E-state index contributed by atoms with van der Waals surface area (Å²) in [5.41, 5.74) is 0. The van der Waals surface area contributed by atoms with E-state index in [1.54, 1.807) is 11.3 Å². The Morgan fingerprint density at radius 1 is 1.00 bits per heavy atom. The average molecular weight is 354 g/mol. The van der Waals surface area contributed by atoms with E-state index in [9.17, 15) is 0 Å². The van der Waals surface area contributed by atoms with E-state index >= 15 is 0 Å². The van der Waals surface area contributed by atoms with Crippen LogP contribution in [0.5, 0.6) is 0 Å². The SMILES string of the molecule is c1ccc(N2CCC[C@H](c3nn4c(C5CCCC5)nnc4s3)C2)nc1. The molecule has 1 aliphatic carbocycles. The molecule has 2 aliphatic rings. The molecule has 0 radical (unpaired) electrons. The van der Waals surface area contributed by atoms with Crippen LogP contribution in [0.25, 0.3) is 4.96 Å². The van der Waals surface area contributed by atoms with E-state index in [-0.39, 0.29) is 0 Å². The predicted octanol–water partition coefficient (Wildman–Crippen LogP) is 3.62. The van der Waals surface area contributed by atoms with Crippen LogP contribution in [-0.2, 0) is 0 Å². The molecule has 3 aromatic rings. The number of fused-ring (bicyclic) bond motifs is 1. The van der Waals surface area contributed by atoms with Gasteiger partial charge in [0.2, 0.25) is 4.96 Å². The second-order valence-corrected chi connectivity index (χ2v) is 8.13. The summed E-state index contributed by atoms with van der Waals surface area (Å²) < 4.78 is 2.02. The quantitative estimate of drug-likeness (QED) is 0.719. The lowest BCUT2D eigenvalue weighted by Gasteiger charge is -2.32. The lowest BCUT2D eigenvalue weighted by atomic mass is 9.99. The van der Waals surface area contributed by atoms with E-state index in [0.717, 1.165) is 29.7 Å². The van der Waals surface area contributed by atoms with E-state index in [1.165, 1.54) is 43.5 Å². The van der Waals surface area contributed by atoms with Crippen LogP contribution in [-0.4, -0.2) is 37.9 Å². The Labute approximate surface area is 150 Å². The molecule has 4 heterocycles. The lowest BCUT2D eigenvalue weighted by Crippen LogP contribution is -2.34. The maximum Gasteiger partial charge on any atom is 0.234 e. The Morgan fingerprint density at radius 3 is 2.72 bits per heavy atom. The number of hydrogen-bond donors (Lipinski definition) is 0. The Morgan fingerprint density at radius 2 is 1.88 bits per heavy atom. The largest absolute Gasteiger partial charge is 0.356 e. The monoisotopic (exact) mass is 354 g/mol. The molecule has 130 valence electrons. The van der Waals surface area contributed by atoms with Crippen molar-refractivity contribution in [3.63, 3.8) is 0 Å². The number of nitrogens with zero attached hydrogens (tertiary/aromatic N) is 6. The lowest BCUT2D eigenvalue weighted by molar-refractivity contribution is 0.500. The van der Waals surface area contributed by atoms with Gasteiger partial charge in [-0.2, -0.15) is 9.61 Å². The highest BCUT2D eigenvalue weighted by Crippen LogP contribution is 2.36. The summed E-state index contributed by atoms with van der Waals surface area (Å²) in [7, 11) is 0. The van der Waals surface area contributed by atoms with Gasteiger partial charge in [-0.25, -0.2) is 4.98 Å². The maximum atomic E-state index is 4.93. The van der Waals surface area contributed by atoms with Gasteiger partial charge in [-0.3, -0.25) is 0 Å². The van der Waals surface area contributed by atoms with Crippen LogP contribution in [0, 0.1) is 0 Å². The first kappa shape index (κ1) is 15.3. The Hall–Kier alpha value is -2.02. The molecule has 1 saturated carbocycles. The number of piperidine rings is 1. The zero-order valence-corrected chi connectivity index (χ0v) is 15.0. The van der Waals surface area contributed by atoms with Gasteiger partial charge in [-0.15, -0.1) is 10.2 Å². The summed E-state index contributed by atoms with van der Waals surface area (Å²) in [6.07, 6.45) is 9.30. The van der Waals surface area contributed by atoms with Crippen molar-refractivity contribution in [1.29, 1.82) is 0 Å². The summed E-state index contributed by atoms with van der Waals surface area (Å²) in [4.78, 5) is 7.85. The molecule has 0 spiro atoms. The van der Waals surface area contributed by atoms with Gasteiger partial charge in [0.05, 0.1) is 0 Å². The number of aromatic nitrogens is 5. The zero-order valence-electron chi connectivity index (χ0n) is 14.2. The molecule has 2 fully saturated rings. The van der Waals surface area contributed by atoms with Gasteiger partial charge in [-0.05, 0) is 37.8 Å². The van der Waals surface area contributed by atoms with Crippen molar-refractivity contribution in [3.8, 4) is 0 Å². The zero-order chi connectivity index (χ0) is 16.6. The van der Waals surface area contributed by atoms with Crippen LogP contribution in [0.4, 0.5) is 5.82 Å². The third-order valence-electron chi connectivity index (χ3n) is 5.49. The molecule has 0 bridgehead atoms. The van der Waals surface area contributed by atoms with Crippen LogP contribution < -0.4 is 4.90 Å². The van der Waals surface area contributed by atoms with Crippen LogP contribution in [0.3, 0.4) is 0 Å². The van der Waals surface area contributed by atoms with Crippen molar-refractivity contribution in [2.24, 2.45) is 0 Å². The van der Waals surface area contributed by atoms with Crippen LogP contribution in [0.1, 0.15) is 61.2 Å². The van der Waals surface area contributed by atoms with Crippen molar-refractivity contribution in [3.05, 3.63) is 35.2 Å². The Balaban J connectivity index is 1.41. The molecule has 25 heavy (non-hydrogen) atoms. The molecular formula is C18H22N6S. The first-order valence-electron chi connectivity index (χ1n) is 9.26. The van der Waals surface area contributed by atoms with Gasteiger partial charge in [0.15, 0.2) is 5.82 Å². The Bertz CT molecular complexity index is 851. The fraction of sp³-hybridized carbons (Fsp3) is 0.556. The molecule has 1 aliphatic heterocycles. The molecule has 3 aromatic heterocycles. The second kappa shape index (κ2) is 6.37. The van der Waals surface area contributed by atoms with E-state index < -0.39 is 0 Å². The van der Waals surface area contributed by atoms with Gasteiger partial charge in [0.1, 0.15) is 10.8 Å². The minimum Gasteiger partial charge on any atom is -0.356 e. The number of rotatable bonds is 3. The third kappa shape index (κ3) is 2.80. The first-order valence-corrected chi connectivity index (χ1v) is 10.1. The smallest absolute Gasteiger partial charge is 0.234 e. The molecule has 0 unspecified atom stereocenters. The molecular weight excluding hydrogens is 332 g/mol. The summed E-state index contributed by atoms with van der Waals surface area (Å²) in [5.74, 6) is 3.15. The van der Waals surface area contributed by atoms with E-state index in [4.69, 9.17) is 5.10 Å². The molecule has 0 amide bonds. The number of hydrogen-bond acceptors (Lipinski definition) is 6. The van der Waals surface area contributed by atoms with Crippen LogP contribution in [0.2, 0.25) is 0 Å². The summed E-state index contributed by atoms with van der Waals surface area (Å²) >= 11 is 1.71. The second-order valence-electron chi connectivity index (χ2n) is 7.15. The minimum atomic E-state index is 0.457. The molecule has 0 N–H and O–H groups in total. The van der Waals surface area contributed by atoms with Crippen molar-refractivity contribution in [1.82, 2.24) is 24.8 Å². The Kier molecular flexibility index (Phi) is 3.88. The normalized spacial score (nSPS) is 22.1. The maximum absolute atomic E-state index is 4.93. The van der Waals surface area contributed by atoms with Crippen molar-refractivity contribution < 1.29 is 0 Å². The molecule has 1 atom stereocenters. The minimum absolute atomic E-state index is 0.457. The average Bonchev–Trinajstić information content (AvgIpc) is 3.39. The molecule has 7 heteroatoms. The van der Waals surface area contributed by atoms with Crippen molar-refractivity contribution in [2.75, 3.05) is 18.0 Å². The third-order valence-corrected chi connectivity index (χ3v) is 6.56. The van der Waals surface area contributed by atoms with Gasteiger partial charge >= 0.3 is 0 Å². The van der Waals surface area contributed by atoms with Gasteiger partial charge in [0.25, 0.3) is 0 Å². The van der Waals surface area contributed by atoms with Gasteiger partial charge in [0, 0.05) is 31.1 Å². The van der Waals surface area contributed by atoms with E-state index in [2.05, 4.69) is 32.2 Å². The topological polar surface area (TPSA) is 59.2 Å². The highest BCUT2D eigenvalue weighted by atomic mass is 32.1. The predicted molar refractivity (Wildman–Crippen MR) is 98.3 cm³/mol. The molecule has 6 nitrogen and oxygen atoms in total. The van der Waals surface area contributed by atoms with E-state index in [0.29, 0.717) is 11.8 Å². The fourth-order valence-electron chi connectivity index (χ4n) is 4.18. The highest BCUT2D eigenvalue weighted by molar-refractivity contribution is 7.16. The summed E-state index contributed by atoms with van der Waals surface area (Å²) in [5, 5.41) is 15.0. The van der Waals surface area contributed by atoms with Crippen LogP contribution in [0.15, 0.2) is 24.4 Å². The molecule has 1 saturated heterocycles. The van der Waals surface area contributed by atoms with Gasteiger partial charge < -0.3 is 4.90 Å². The summed E-state index contributed by atoms with van der Waals surface area (Å²) in [6, 6.07) is 6.13. The number of anilines is 1. The standard InChI is InChI=1S/C18H22N6S/c1-2-7-13(6-1)16-20-21-18-24(16)22-17(25-18)14-8-5-11-23(12-14)15-9-3-4-10-19-15/h3-4,9-10,13-14H,1-2,5-8,11-12H2/t14-/m0/s1. The molecule has 0 aromatic carbocycles. The fourth-order valence-corrected chi connectivity index (χ4v) is 5.15. The molecule has 5 rings (SSSR count). The number of pyridine rings is 1. The van der Waals surface area contributed by atoms with Crippen LogP contribution >= 0.6 is 11.3 Å². The highest BCUT2D eigenvalue weighted by Gasteiger charge is 2.28. The van der Waals surface area contributed by atoms with Crippen molar-refractivity contribution in [2.45, 2.75) is 50.4 Å². The van der Waals surface area contributed by atoms with Crippen molar-refractivity contribution >= 4 is 22.1 Å². The van der Waals surface area contributed by atoms with E-state index in [1.807, 2.05) is 16.8 Å².